The molecule has 0 saturated heterocycles. The minimum absolute atomic E-state index is 0.258. The summed E-state index contributed by atoms with van der Waals surface area (Å²) in [7, 11) is -3.07. The van der Waals surface area contributed by atoms with Gasteiger partial charge in [-0.1, -0.05) is 51.7 Å². The highest BCUT2D eigenvalue weighted by atomic mass is 32.2. The Morgan fingerprint density at radius 3 is 1.53 bits per heavy atom. The molecule has 3 heteroatoms. The van der Waals surface area contributed by atoms with Crippen LogP contribution in [-0.2, 0) is 9.84 Å². The molecule has 0 aliphatic heterocycles. The van der Waals surface area contributed by atoms with Gasteiger partial charge in [-0.15, -0.1) is 13.2 Å². The minimum Gasteiger partial charge on any atom is -0.228 e. The molecule has 0 heterocycles. The average molecular weight is 286 g/mol. The Bertz CT molecular complexity index is 316. The fourth-order valence-electron chi connectivity index (χ4n) is 2.34. The van der Waals surface area contributed by atoms with Crippen molar-refractivity contribution >= 4 is 9.84 Å². The summed E-state index contributed by atoms with van der Waals surface area (Å²) in [5, 5.41) is -0.515. The molecule has 0 aliphatic carbocycles. The third-order valence-corrected chi connectivity index (χ3v) is 6.26. The molecule has 0 rings (SSSR count). The van der Waals surface area contributed by atoms with Gasteiger partial charge in [0.05, 0.1) is 10.5 Å². The summed E-state index contributed by atoms with van der Waals surface area (Å²) in [6.07, 6.45) is 10.1. The molecule has 0 aromatic heterocycles. The number of hydrogen-bond acceptors (Lipinski definition) is 2. The van der Waals surface area contributed by atoms with E-state index in [4.69, 9.17) is 0 Å². The van der Waals surface area contributed by atoms with Crippen molar-refractivity contribution < 1.29 is 8.42 Å². The number of allylic oxidation sites excluding steroid dienone is 2. The van der Waals surface area contributed by atoms with Crippen molar-refractivity contribution in [2.45, 2.75) is 75.7 Å². The van der Waals surface area contributed by atoms with Gasteiger partial charge in [-0.05, 0) is 25.7 Å². The molecule has 0 radical (unpaired) electrons. The standard InChI is InChI=1S/C16H30O2S/c1-5-9-13-15(11-7-3)19(17,18)16(12-8-4)14-10-6-2/h7-8,15-16H,3-6,9-14H2,1-2H3. The van der Waals surface area contributed by atoms with E-state index in [1.54, 1.807) is 12.2 Å². The zero-order chi connectivity index (χ0) is 14.7. The second kappa shape index (κ2) is 10.2. The SMILES string of the molecule is C=CCC(CCCC)S(=O)(=O)C(CC=C)CCCC. The Morgan fingerprint density at radius 2 is 1.26 bits per heavy atom. The van der Waals surface area contributed by atoms with Crippen LogP contribution >= 0.6 is 0 Å². The van der Waals surface area contributed by atoms with Gasteiger partial charge in [-0.25, -0.2) is 8.42 Å². The molecule has 19 heavy (non-hydrogen) atoms. The second-order valence-electron chi connectivity index (χ2n) is 5.17. The first-order valence-corrected chi connectivity index (χ1v) is 9.09. The van der Waals surface area contributed by atoms with Crippen molar-refractivity contribution in [2.75, 3.05) is 0 Å². The van der Waals surface area contributed by atoms with Crippen LogP contribution in [0.5, 0.6) is 0 Å². The highest BCUT2D eigenvalue weighted by molar-refractivity contribution is 7.92. The molecule has 0 N–H and O–H groups in total. The highest BCUT2D eigenvalue weighted by Gasteiger charge is 2.31. The van der Waals surface area contributed by atoms with Crippen molar-refractivity contribution in [2.24, 2.45) is 0 Å². The first kappa shape index (κ1) is 18.4. The predicted molar refractivity (Wildman–Crippen MR) is 85.2 cm³/mol. The Balaban J connectivity index is 4.96. The third-order valence-electron chi connectivity index (χ3n) is 3.55. The molecule has 0 spiro atoms. The third kappa shape index (κ3) is 6.42. The predicted octanol–water partition coefficient (Wildman–Crippen LogP) is 4.67. The smallest absolute Gasteiger partial charge is 0.156 e. The van der Waals surface area contributed by atoms with E-state index in [1.807, 2.05) is 0 Å². The van der Waals surface area contributed by atoms with Crippen LogP contribution < -0.4 is 0 Å². The summed E-state index contributed by atoms with van der Waals surface area (Å²) >= 11 is 0. The summed E-state index contributed by atoms with van der Waals surface area (Å²) in [4.78, 5) is 0. The van der Waals surface area contributed by atoms with Crippen molar-refractivity contribution in [3.8, 4) is 0 Å². The van der Waals surface area contributed by atoms with Crippen LogP contribution in [0.2, 0.25) is 0 Å². The molecular weight excluding hydrogens is 256 g/mol. The summed E-state index contributed by atoms with van der Waals surface area (Å²) in [6, 6.07) is 0. The maximum absolute atomic E-state index is 12.7. The van der Waals surface area contributed by atoms with Crippen molar-refractivity contribution in [3.63, 3.8) is 0 Å². The molecule has 0 aromatic rings. The first-order chi connectivity index (χ1) is 9.04. The Morgan fingerprint density at radius 1 is 0.895 bits per heavy atom. The lowest BCUT2D eigenvalue weighted by atomic mass is 10.1. The van der Waals surface area contributed by atoms with Crippen LogP contribution in [0, 0.1) is 0 Å². The van der Waals surface area contributed by atoms with Gasteiger partial charge in [0.15, 0.2) is 9.84 Å². The lowest BCUT2D eigenvalue weighted by Gasteiger charge is -2.23. The lowest BCUT2D eigenvalue weighted by Crippen LogP contribution is -2.32. The monoisotopic (exact) mass is 286 g/mol. The van der Waals surface area contributed by atoms with Gasteiger partial charge in [0.2, 0.25) is 0 Å². The van der Waals surface area contributed by atoms with Crippen LogP contribution in [0.3, 0.4) is 0 Å². The molecule has 2 unspecified atom stereocenters. The quantitative estimate of drug-likeness (QED) is 0.488. The minimum atomic E-state index is -3.07. The zero-order valence-corrected chi connectivity index (χ0v) is 13.4. The van der Waals surface area contributed by atoms with Gasteiger partial charge in [-0.2, -0.15) is 0 Å². The second-order valence-corrected chi connectivity index (χ2v) is 7.68. The van der Waals surface area contributed by atoms with Crippen LogP contribution in [0.15, 0.2) is 25.3 Å². The summed E-state index contributed by atoms with van der Waals surface area (Å²) in [5.41, 5.74) is 0. The van der Waals surface area contributed by atoms with Gasteiger partial charge in [0.25, 0.3) is 0 Å². The van der Waals surface area contributed by atoms with Crippen molar-refractivity contribution in [3.05, 3.63) is 25.3 Å². The Labute approximate surface area is 119 Å². The van der Waals surface area contributed by atoms with Gasteiger partial charge < -0.3 is 0 Å². The van der Waals surface area contributed by atoms with Crippen LogP contribution in [0.25, 0.3) is 0 Å². The molecule has 2 atom stereocenters. The summed E-state index contributed by atoms with van der Waals surface area (Å²) < 4.78 is 25.5. The highest BCUT2D eigenvalue weighted by Crippen LogP contribution is 2.24. The largest absolute Gasteiger partial charge is 0.228 e. The van der Waals surface area contributed by atoms with Crippen LogP contribution in [-0.4, -0.2) is 18.9 Å². The molecular formula is C16H30O2S. The van der Waals surface area contributed by atoms with E-state index in [0.717, 1.165) is 38.5 Å². The average Bonchev–Trinajstić information content (AvgIpc) is 2.39. The van der Waals surface area contributed by atoms with Crippen LogP contribution in [0.4, 0.5) is 0 Å². The molecule has 0 fully saturated rings. The summed E-state index contributed by atoms with van der Waals surface area (Å²) in [5.74, 6) is 0. The normalized spacial score (nSPS) is 14.8. The first-order valence-electron chi connectivity index (χ1n) is 7.48. The molecule has 0 bridgehead atoms. The molecule has 2 nitrogen and oxygen atoms in total. The maximum Gasteiger partial charge on any atom is 0.156 e. The molecule has 112 valence electrons. The fourth-order valence-corrected chi connectivity index (χ4v) is 4.68. The van der Waals surface area contributed by atoms with Crippen molar-refractivity contribution in [1.29, 1.82) is 0 Å². The zero-order valence-electron chi connectivity index (χ0n) is 12.6. The van der Waals surface area contributed by atoms with E-state index in [2.05, 4.69) is 27.0 Å². The maximum atomic E-state index is 12.7. The summed E-state index contributed by atoms with van der Waals surface area (Å²) in [6.45, 7) is 11.6. The van der Waals surface area contributed by atoms with E-state index in [1.165, 1.54) is 0 Å². The van der Waals surface area contributed by atoms with E-state index in [-0.39, 0.29) is 10.5 Å². The van der Waals surface area contributed by atoms with E-state index in [9.17, 15) is 8.42 Å². The number of unbranched alkanes of at least 4 members (excludes halogenated alkanes) is 2. The van der Waals surface area contributed by atoms with E-state index < -0.39 is 9.84 Å². The number of sulfone groups is 1. The molecule has 0 amide bonds. The Kier molecular flexibility index (Phi) is 9.94. The van der Waals surface area contributed by atoms with Crippen LogP contribution in [0.1, 0.15) is 65.2 Å². The van der Waals surface area contributed by atoms with Gasteiger partial charge in [-0.3, -0.25) is 0 Å². The van der Waals surface area contributed by atoms with Crippen molar-refractivity contribution in [1.82, 2.24) is 0 Å². The lowest BCUT2D eigenvalue weighted by molar-refractivity contribution is 0.536. The van der Waals surface area contributed by atoms with Gasteiger partial charge >= 0.3 is 0 Å². The molecule has 0 saturated carbocycles. The van der Waals surface area contributed by atoms with E-state index in [0.29, 0.717) is 12.8 Å². The number of rotatable bonds is 12. The molecule has 0 aliphatic rings. The molecule has 0 aromatic carbocycles. The van der Waals surface area contributed by atoms with E-state index >= 15 is 0 Å². The number of hydrogen-bond donors (Lipinski definition) is 0. The Hall–Kier alpha value is -0.570. The fraction of sp³-hybridized carbons (Fsp3) is 0.750. The van der Waals surface area contributed by atoms with Gasteiger partial charge in [0, 0.05) is 0 Å². The topological polar surface area (TPSA) is 34.1 Å². The van der Waals surface area contributed by atoms with Gasteiger partial charge in [0.1, 0.15) is 0 Å².